The summed E-state index contributed by atoms with van der Waals surface area (Å²) in [6, 6.07) is 15.5. The SMILES string of the molecule is Cc1ccc(-c2noc(CN3CCN(C(=O)CCc4ncc(-c5ccccc5Cl)o4)CC3)n2)cc1. The molecule has 1 saturated heterocycles. The van der Waals surface area contributed by atoms with E-state index < -0.39 is 0 Å². The molecule has 2 aromatic heterocycles. The molecule has 0 aliphatic carbocycles. The number of carbonyl (C=O) groups is 1. The summed E-state index contributed by atoms with van der Waals surface area (Å²) in [5, 5.41) is 4.71. The zero-order valence-electron chi connectivity index (χ0n) is 19.5. The lowest BCUT2D eigenvalue weighted by Crippen LogP contribution is -2.48. The first kappa shape index (κ1) is 23.3. The molecule has 0 N–H and O–H groups in total. The van der Waals surface area contributed by atoms with Crippen LogP contribution >= 0.6 is 11.6 Å². The molecule has 1 fully saturated rings. The highest BCUT2D eigenvalue weighted by Gasteiger charge is 2.23. The number of oxazole rings is 1. The second-order valence-corrected chi connectivity index (χ2v) is 9.04. The molecule has 9 heteroatoms. The summed E-state index contributed by atoms with van der Waals surface area (Å²) in [5.41, 5.74) is 2.92. The van der Waals surface area contributed by atoms with Gasteiger partial charge in [0.05, 0.1) is 17.8 Å². The molecule has 3 heterocycles. The molecule has 4 aromatic rings. The second kappa shape index (κ2) is 10.4. The zero-order chi connectivity index (χ0) is 24.2. The molecule has 0 spiro atoms. The van der Waals surface area contributed by atoms with E-state index >= 15 is 0 Å². The minimum absolute atomic E-state index is 0.0987. The van der Waals surface area contributed by atoms with Crippen LogP contribution in [0.1, 0.15) is 23.8 Å². The zero-order valence-corrected chi connectivity index (χ0v) is 20.2. The van der Waals surface area contributed by atoms with Gasteiger partial charge in [-0.15, -0.1) is 0 Å². The van der Waals surface area contributed by atoms with E-state index in [4.69, 9.17) is 20.5 Å². The van der Waals surface area contributed by atoms with Crippen molar-refractivity contribution < 1.29 is 13.7 Å². The Hall–Kier alpha value is -3.49. The van der Waals surface area contributed by atoms with Gasteiger partial charge in [-0.25, -0.2) is 4.98 Å². The minimum Gasteiger partial charge on any atom is -0.441 e. The number of hydrogen-bond donors (Lipinski definition) is 0. The highest BCUT2D eigenvalue weighted by molar-refractivity contribution is 6.33. The first-order valence-corrected chi connectivity index (χ1v) is 12.0. The Morgan fingerprint density at radius 1 is 1.03 bits per heavy atom. The van der Waals surface area contributed by atoms with E-state index in [9.17, 15) is 4.79 Å². The molecule has 2 aromatic carbocycles. The fourth-order valence-electron chi connectivity index (χ4n) is 4.07. The molecular formula is C26H26ClN5O3. The van der Waals surface area contributed by atoms with Crippen molar-refractivity contribution in [2.24, 2.45) is 0 Å². The first-order valence-electron chi connectivity index (χ1n) is 11.6. The molecular weight excluding hydrogens is 466 g/mol. The minimum atomic E-state index is 0.0987. The number of aryl methyl sites for hydroxylation is 2. The van der Waals surface area contributed by atoms with Gasteiger partial charge >= 0.3 is 0 Å². The maximum atomic E-state index is 12.7. The number of nitrogens with zero attached hydrogens (tertiary/aromatic N) is 5. The molecule has 0 radical (unpaired) electrons. The smallest absolute Gasteiger partial charge is 0.241 e. The first-order chi connectivity index (χ1) is 17.0. The molecule has 1 aliphatic heterocycles. The van der Waals surface area contributed by atoms with Crippen molar-refractivity contribution >= 4 is 17.5 Å². The highest BCUT2D eigenvalue weighted by Crippen LogP contribution is 2.28. The monoisotopic (exact) mass is 491 g/mol. The summed E-state index contributed by atoms with van der Waals surface area (Å²) in [7, 11) is 0. The Kier molecular flexibility index (Phi) is 6.92. The number of aromatic nitrogens is 3. The van der Waals surface area contributed by atoms with Crippen molar-refractivity contribution in [3.8, 4) is 22.7 Å². The average Bonchev–Trinajstić information content (AvgIpc) is 3.54. The van der Waals surface area contributed by atoms with E-state index in [1.54, 1.807) is 6.20 Å². The summed E-state index contributed by atoms with van der Waals surface area (Å²) < 4.78 is 11.3. The number of carbonyl (C=O) groups excluding carboxylic acids is 1. The number of amides is 1. The van der Waals surface area contributed by atoms with Crippen LogP contribution in [0.5, 0.6) is 0 Å². The van der Waals surface area contributed by atoms with Crippen LogP contribution in [0.4, 0.5) is 0 Å². The van der Waals surface area contributed by atoms with Crippen LogP contribution in [0.3, 0.4) is 0 Å². The third-order valence-corrected chi connectivity index (χ3v) is 6.44. The molecule has 0 unspecified atom stereocenters. The van der Waals surface area contributed by atoms with Gasteiger partial charge in [-0.1, -0.05) is 58.7 Å². The van der Waals surface area contributed by atoms with E-state index in [0.29, 0.717) is 60.9 Å². The summed E-state index contributed by atoms with van der Waals surface area (Å²) in [4.78, 5) is 25.7. The molecule has 180 valence electrons. The quantitative estimate of drug-likeness (QED) is 0.372. The topological polar surface area (TPSA) is 88.5 Å². The van der Waals surface area contributed by atoms with Gasteiger partial charge in [0.15, 0.2) is 11.7 Å². The Morgan fingerprint density at radius 3 is 2.57 bits per heavy atom. The van der Waals surface area contributed by atoms with Gasteiger partial charge in [0, 0.05) is 50.1 Å². The predicted octanol–water partition coefficient (Wildman–Crippen LogP) is 4.63. The third-order valence-electron chi connectivity index (χ3n) is 6.11. The van der Waals surface area contributed by atoms with Gasteiger partial charge in [0.2, 0.25) is 17.6 Å². The van der Waals surface area contributed by atoms with Crippen LogP contribution < -0.4 is 0 Å². The Labute approximate surface area is 208 Å². The van der Waals surface area contributed by atoms with Crippen molar-refractivity contribution in [1.29, 1.82) is 0 Å². The fourth-order valence-corrected chi connectivity index (χ4v) is 4.30. The third kappa shape index (κ3) is 5.61. The maximum absolute atomic E-state index is 12.7. The Morgan fingerprint density at radius 2 is 1.80 bits per heavy atom. The molecule has 0 bridgehead atoms. The molecule has 5 rings (SSSR count). The van der Waals surface area contributed by atoms with E-state index in [2.05, 4.69) is 20.0 Å². The number of piperazine rings is 1. The van der Waals surface area contributed by atoms with Gasteiger partial charge in [-0.05, 0) is 19.1 Å². The molecule has 8 nitrogen and oxygen atoms in total. The van der Waals surface area contributed by atoms with Gasteiger partial charge in [0.1, 0.15) is 0 Å². The maximum Gasteiger partial charge on any atom is 0.241 e. The number of halogens is 1. The van der Waals surface area contributed by atoms with Crippen LogP contribution in [-0.4, -0.2) is 57.0 Å². The standard InChI is InChI=1S/C26H26ClN5O3/c1-18-6-8-19(9-7-18)26-29-24(35-30-26)17-31-12-14-32(15-13-31)25(33)11-10-23-28-16-22(34-23)20-4-2-3-5-21(20)27/h2-9,16H,10-15,17H2,1H3. The van der Waals surface area contributed by atoms with Crippen LogP contribution in [0.15, 0.2) is 63.7 Å². The largest absolute Gasteiger partial charge is 0.441 e. The summed E-state index contributed by atoms with van der Waals surface area (Å²) >= 11 is 6.23. The molecule has 1 aliphatic rings. The molecule has 0 atom stereocenters. The van der Waals surface area contributed by atoms with Crippen molar-refractivity contribution in [2.75, 3.05) is 26.2 Å². The lowest BCUT2D eigenvalue weighted by Gasteiger charge is -2.33. The molecule has 1 amide bonds. The van der Waals surface area contributed by atoms with Crippen LogP contribution in [-0.2, 0) is 17.8 Å². The van der Waals surface area contributed by atoms with Crippen LogP contribution in [0.25, 0.3) is 22.7 Å². The van der Waals surface area contributed by atoms with Crippen molar-refractivity contribution in [2.45, 2.75) is 26.3 Å². The average molecular weight is 492 g/mol. The lowest BCUT2D eigenvalue weighted by molar-refractivity contribution is -0.133. The van der Waals surface area contributed by atoms with Crippen LogP contribution in [0.2, 0.25) is 5.02 Å². The van der Waals surface area contributed by atoms with E-state index in [-0.39, 0.29) is 5.91 Å². The van der Waals surface area contributed by atoms with Gasteiger partial charge in [-0.2, -0.15) is 4.98 Å². The van der Waals surface area contributed by atoms with E-state index in [1.165, 1.54) is 5.56 Å². The number of hydrogen-bond acceptors (Lipinski definition) is 7. The number of rotatable bonds is 7. The van der Waals surface area contributed by atoms with Gasteiger partial charge in [-0.3, -0.25) is 9.69 Å². The van der Waals surface area contributed by atoms with E-state index in [0.717, 1.165) is 24.2 Å². The van der Waals surface area contributed by atoms with Crippen LogP contribution in [0, 0.1) is 6.92 Å². The number of benzene rings is 2. The summed E-state index contributed by atoms with van der Waals surface area (Å²) in [5.74, 6) is 2.42. The van der Waals surface area contributed by atoms with E-state index in [1.807, 2.05) is 60.4 Å². The van der Waals surface area contributed by atoms with Crippen molar-refractivity contribution in [3.63, 3.8) is 0 Å². The predicted molar refractivity (Wildman–Crippen MR) is 132 cm³/mol. The fraction of sp³-hybridized carbons (Fsp3) is 0.308. The lowest BCUT2D eigenvalue weighted by atomic mass is 10.1. The molecule has 35 heavy (non-hydrogen) atoms. The molecule has 0 saturated carbocycles. The van der Waals surface area contributed by atoms with Gasteiger partial charge in [0.25, 0.3) is 0 Å². The van der Waals surface area contributed by atoms with Crippen molar-refractivity contribution in [3.05, 3.63) is 77.1 Å². The summed E-state index contributed by atoms with van der Waals surface area (Å²) in [6.45, 7) is 5.44. The summed E-state index contributed by atoms with van der Waals surface area (Å²) in [6.07, 6.45) is 2.46. The highest BCUT2D eigenvalue weighted by atomic mass is 35.5. The second-order valence-electron chi connectivity index (χ2n) is 8.63. The van der Waals surface area contributed by atoms with Crippen molar-refractivity contribution in [1.82, 2.24) is 24.9 Å². The Bertz CT molecular complexity index is 1290. The normalized spacial score (nSPS) is 14.4. The Balaban J connectivity index is 1.09. The van der Waals surface area contributed by atoms with Gasteiger partial charge < -0.3 is 13.8 Å².